The standard InChI is InChI=1S/C22H19N3O4/c1-16(26)29-19-11-9-17(10-12-19)14-23-24-21(27)20-8-5-13-25(22(20)28)15-18-6-3-2-4-7-18/h2-14H,15H2,1H3,(H,24,27)/b23-14-. The van der Waals surface area contributed by atoms with Gasteiger partial charge in [0.05, 0.1) is 12.8 Å². The average Bonchev–Trinajstić information content (AvgIpc) is 2.71. The highest BCUT2D eigenvalue weighted by atomic mass is 16.5. The molecule has 0 atom stereocenters. The minimum atomic E-state index is -0.592. The molecule has 29 heavy (non-hydrogen) atoms. The summed E-state index contributed by atoms with van der Waals surface area (Å²) >= 11 is 0. The number of carbonyl (C=O) groups is 2. The highest BCUT2D eigenvalue weighted by Gasteiger charge is 2.11. The fourth-order valence-electron chi connectivity index (χ4n) is 2.63. The van der Waals surface area contributed by atoms with Crippen molar-refractivity contribution in [3.63, 3.8) is 0 Å². The van der Waals surface area contributed by atoms with Crippen LogP contribution in [0.3, 0.4) is 0 Å². The van der Waals surface area contributed by atoms with Gasteiger partial charge in [-0.25, -0.2) is 5.43 Å². The van der Waals surface area contributed by atoms with Gasteiger partial charge in [-0.1, -0.05) is 30.3 Å². The number of nitrogens with one attached hydrogen (secondary N) is 1. The summed E-state index contributed by atoms with van der Waals surface area (Å²) < 4.78 is 6.42. The van der Waals surface area contributed by atoms with Crippen LogP contribution in [-0.2, 0) is 11.3 Å². The van der Waals surface area contributed by atoms with E-state index in [9.17, 15) is 14.4 Å². The number of esters is 1. The van der Waals surface area contributed by atoms with Crippen LogP contribution in [0.25, 0.3) is 0 Å². The maximum Gasteiger partial charge on any atom is 0.308 e. The molecule has 0 spiro atoms. The van der Waals surface area contributed by atoms with Gasteiger partial charge in [0.25, 0.3) is 11.5 Å². The monoisotopic (exact) mass is 389 g/mol. The molecule has 1 aromatic heterocycles. The van der Waals surface area contributed by atoms with E-state index >= 15 is 0 Å². The molecule has 0 bridgehead atoms. The molecule has 0 fully saturated rings. The molecule has 1 N–H and O–H groups in total. The van der Waals surface area contributed by atoms with Gasteiger partial charge in [0.2, 0.25) is 0 Å². The number of hydrogen-bond acceptors (Lipinski definition) is 5. The number of amides is 1. The molecule has 0 aliphatic heterocycles. The number of benzene rings is 2. The number of hydrazone groups is 1. The van der Waals surface area contributed by atoms with Crippen LogP contribution in [0.15, 0.2) is 82.8 Å². The molecule has 7 heteroatoms. The third-order valence-corrected chi connectivity index (χ3v) is 3.98. The summed E-state index contributed by atoms with van der Waals surface area (Å²) in [5, 5.41) is 3.88. The second-order valence-electron chi connectivity index (χ2n) is 6.20. The van der Waals surface area contributed by atoms with Crippen molar-refractivity contribution >= 4 is 18.1 Å². The number of pyridine rings is 1. The Morgan fingerprint density at radius 2 is 1.76 bits per heavy atom. The molecule has 0 aliphatic carbocycles. The van der Waals surface area contributed by atoms with E-state index < -0.39 is 17.4 Å². The van der Waals surface area contributed by atoms with E-state index in [2.05, 4.69) is 10.5 Å². The SMILES string of the molecule is CC(=O)Oc1ccc(/C=N\NC(=O)c2cccn(Cc3ccccc3)c2=O)cc1. The summed E-state index contributed by atoms with van der Waals surface area (Å²) in [5.41, 5.74) is 3.62. The normalized spacial score (nSPS) is 10.7. The molecule has 0 saturated carbocycles. The van der Waals surface area contributed by atoms with Gasteiger partial charge < -0.3 is 9.30 Å². The second-order valence-corrected chi connectivity index (χ2v) is 6.20. The van der Waals surface area contributed by atoms with E-state index in [1.165, 1.54) is 23.8 Å². The lowest BCUT2D eigenvalue weighted by atomic mass is 10.2. The molecule has 0 aliphatic rings. The number of hydrogen-bond donors (Lipinski definition) is 1. The quantitative estimate of drug-likeness (QED) is 0.304. The maximum atomic E-state index is 12.6. The van der Waals surface area contributed by atoms with Crippen molar-refractivity contribution in [2.24, 2.45) is 5.10 Å². The molecule has 2 aromatic carbocycles. The number of rotatable bonds is 6. The van der Waals surface area contributed by atoms with Crippen molar-refractivity contribution in [1.29, 1.82) is 0 Å². The smallest absolute Gasteiger partial charge is 0.308 e. The first-order valence-electron chi connectivity index (χ1n) is 8.88. The Bertz CT molecular complexity index is 1090. The van der Waals surface area contributed by atoms with Crippen LogP contribution >= 0.6 is 0 Å². The molecule has 3 rings (SSSR count). The molecule has 3 aromatic rings. The van der Waals surface area contributed by atoms with E-state index in [1.54, 1.807) is 36.5 Å². The predicted octanol–water partition coefficient (Wildman–Crippen LogP) is 2.59. The number of nitrogens with zero attached hydrogens (tertiary/aromatic N) is 2. The molecule has 7 nitrogen and oxygen atoms in total. The first-order valence-corrected chi connectivity index (χ1v) is 8.88. The summed E-state index contributed by atoms with van der Waals surface area (Å²) in [6, 6.07) is 19.2. The highest BCUT2D eigenvalue weighted by Crippen LogP contribution is 2.11. The van der Waals surface area contributed by atoms with Crippen molar-refractivity contribution in [3.05, 3.63) is 100.0 Å². The average molecular weight is 389 g/mol. The van der Waals surface area contributed by atoms with Crippen molar-refractivity contribution in [1.82, 2.24) is 9.99 Å². The van der Waals surface area contributed by atoms with Crippen LogP contribution in [0.4, 0.5) is 0 Å². The molecular formula is C22H19N3O4. The maximum absolute atomic E-state index is 12.6. The van der Waals surface area contributed by atoms with Crippen LogP contribution in [0.2, 0.25) is 0 Å². The minimum Gasteiger partial charge on any atom is -0.427 e. The van der Waals surface area contributed by atoms with Gasteiger partial charge in [0.15, 0.2) is 0 Å². The van der Waals surface area contributed by atoms with Crippen molar-refractivity contribution in [2.45, 2.75) is 13.5 Å². The van der Waals surface area contributed by atoms with Gasteiger partial charge in [-0.15, -0.1) is 0 Å². The number of carbonyl (C=O) groups excluding carboxylic acids is 2. The van der Waals surface area contributed by atoms with E-state index in [0.717, 1.165) is 5.56 Å². The fourth-order valence-corrected chi connectivity index (χ4v) is 2.63. The Hall–Kier alpha value is -4.00. The van der Waals surface area contributed by atoms with E-state index in [-0.39, 0.29) is 5.56 Å². The molecule has 1 amide bonds. The van der Waals surface area contributed by atoms with Gasteiger partial charge in [-0.3, -0.25) is 14.4 Å². The Balaban J connectivity index is 1.66. The van der Waals surface area contributed by atoms with Crippen LogP contribution in [-0.4, -0.2) is 22.7 Å². The Kier molecular flexibility index (Phi) is 6.32. The minimum absolute atomic E-state index is 0.00536. The first kappa shape index (κ1) is 19.8. The Morgan fingerprint density at radius 1 is 1.03 bits per heavy atom. The molecule has 0 radical (unpaired) electrons. The van der Waals surface area contributed by atoms with E-state index in [4.69, 9.17) is 4.74 Å². The first-order chi connectivity index (χ1) is 14.0. The van der Waals surface area contributed by atoms with Crippen LogP contribution < -0.4 is 15.7 Å². The van der Waals surface area contributed by atoms with Crippen molar-refractivity contribution in [3.8, 4) is 5.75 Å². The molecule has 146 valence electrons. The van der Waals surface area contributed by atoms with Gasteiger partial charge in [-0.2, -0.15) is 5.10 Å². The third-order valence-electron chi connectivity index (χ3n) is 3.98. The molecule has 0 saturated heterocycles. The summed E-state index contributed by atoms with van der Waals surface area (Å²) in [6.45, 7) is 1.70. The highest BCUT2D eigenvalue weighted by molar-refractivity contribution is 5.94. The van der Waals surface area contributed by atoms with E-state index in [1.807, 2.05) is 30.3 Å². The van der Waals surface area contributed by atoms with Gasteiger partial charge >= 0.3 is 5.97 Å². The largest absolute Gasteiger partial charge is 0.427 e. The van der Waals surface area contributed by atoms with E-state index in [0.29, 0.717) is 17.9 Å². The molecular weight excluding hydrogens is 370 g/mol. The zero-order valence-electron chi connectivity index (χ0n) is 15.7. The van der Waals surface area contributed by atoms with Crippen LogP contribution in [0.1, 0.15) is 28.4 Å². The zero-order valence-corrected chi connectivity index (χ0v) is 15.7. The Labute approximate surface area is 167 Å². The lowest BCUT2D eigenvalue weighted by Crippen LogP contribution is -2.30. The van der Waals surface area contributed by atoms with Crippen molar-refractivity contribution in [2.75, 3.05) is 0 Å². The topological polar surface area (TPSA) is 89.8 Å². The molecule has 0 unspecified atom stereocenters. The lowest BCUT2D eigenvalue weighted by Gasteiger charge is -2.07. The second kappa shape index (κ2) is 9.27. The van der Waals surface area contributed by atoms with Gasteiger partial charge in [0, 0.05) is 13.1 Å². The fraction of sp³-hybridized carbons (Fsp3) is 0.0909. The number of ether oxygens (including phenoxy) is 1. The zero-order chi connectivity index (χ0) is 20.6. The van der Waals surface area contributed by atoms with Crippen LogP contribution in [0.5, 0.6) is 5.75 Å². The summed E-state index contributed by atoms with van der Waals surface area (Å²) in [6.07, 6.45) is 3.07. The van der Waals surface area contributed by atoms with Crippen LogP contribution in [0, 0.1) is 0 Å². The number of aromatic nitrogens is 1. The molecule has 1 heterocycles. The summed E-state index contributed by atoms with van der Waals surface area (Å²) in [4.78, 5) is 35.8. The summed E-state index contributed by atoms with van der Waals surface area (Å²) in [5.74, 6) is -0.577. The summed E-state index contributed by atoms with van der Waals surface area (Å²) in [7, 11) is 0. The van der Waals surface area contributed by atoms with Crippen molar-refractivity contribution < 1.29 is 14.3 Å². The Morgan fingerprint density at radius 3 is 2.45 bits per heavy atom. The lowest BCUT2D eigenvalue weighted by molar-refractivity contribution is -0.131. The van der Waals surface area contributed by atoms with Gasteiger partial charge in [-0.05, 0) is 47.5 Å². The predicted molar refractivity (Wildman–Crippen MR) is 109 cm³/mol. The van der Waals surface area contributed by atoms with Gasteiger partial charge in [0.1, 0.15) is 11.3 Å². The third kappa shape index (κ3) is 5.49.